The standard InChI is InChI=1S/C17H26N4O2/c1-13-7-9-21(10-8-13)17(18)20-12-16(22)19-11-14-3-5-15(23-2)6-4-14/h3-6,13H,7-12H2,1-2H3,(H2,18,20)(H,19,22). The fourth-order valence-electron chi connectivity index (χ4n) is 2.49. The molecule has 23 heavy (non-hydrogen) atoms. The number of amides is 1. The van der Waals surface area contributed by atoms with E-state index in [0.717, 1.165) is 43.2 Å². The molecular formula is C17H26N4O2. The van der Waals surface area contributed by atoms with Gasteiger partial charge in [0.1, 0.15) is 12.3 Å². The van der Waals surface area contributed by atoms with Gasteiger partial charge in [0.25, 0.3) is 0 Å². The van der Waals surface area contributed by atoms with E-state index < -0.39 is 0 Å². The average molecular weight is 318 g/mol. The van der Waals surface area contributed by atoms with Crippen LogP contribution in [0.2, 0.25) is 0 Å². The van der Waals surface area contributed by atoms with Gasteiger partial charge in [0.05, 0.1) is 7.11 Å². The number of nitrogens with two attached hydrogens (primary N) is 1. The van der Waals surface area contributed by atoms with Gasteiger partial charge in [-0.1, -0.05) is 19.1 Å². The van der Waals surface area contributed by atoms with Crippen LogP contribution in [0.3, 0.4) is 0 Å². The van der Waals surface area contributed by atoms with Crippen LogP contribution in [0.5, 0.6) is 5.75 Å². The van der Waals surface area contributed by atoms with Crippen molar-refractivity contribution in [1.29, 1.82) is 0 Å². The fourth-order valence-corrected chi connectivity index (χ4v) is 2.49. The highest BCUT2D eigenvalue weighted by Crippen LogP contribution is 2.15. The number of likely N-dealkylation sites (tertiary alicyclic amines) is 1. The quantitative estimate of drug-likeness (QED) is 0.634. The SMILES string of the molecule is COc1ccc(CNC(=O)CN=C(N)N2CCC(C)CC2)cc1. The second-order valence-electron chi connectivity index (χ2n) is 5.97. The molecule has 1 aromatic rings. The summed E-state index contributed by atoms with van der Waals surface area (Å²) in [6.07, 6.45) is 2.25. The van der Waals surface area contributed by atoms with Crippen molar-refractivity contribution >= 4 is 11.9 Å². The maximum Gasteiger partial charge on any atom is 0.242 e. The molecular weight excluding hydrogens is 292 g/mol. The summed E-state index contributed by atoms with van der Waals surface area (Å²) in [6.45, 7) is 4.62. The molecule has 1 heterocycles. The second kappa shape index (κ2) is 8.41. The van der Waals surface area contributed by atoms with Crippen molar-refractivity contribution in [2.45, 2.75) is 26.3 Å². The van der Waals surface area contributed by atoms with E-state index in [4.69, 9.17) is 10.5 Å². The van der Waals surface area contributed by atoms with E-state index in [0.29, 0.717) is 12.5 Å². The van der Waals surface area contributed by atoms with Crippen molar-refractivity contribution in [3.05, 3.63) is 29.8 Å². The number of guanidine groups is 1. The molecule has 1 amide bonds. The Hall–Kier alpha value is -2.24. The largest absolute Gasteiger partial charge is 0.497 e. The first kappa shape index (κ1) is 17.1. The Kier molecular flexibility index (Phi) is 6.26. The zero-order valence-electron chi connectivity index (χ0n) is 13.9. The number of benzene rings is 1. The first-order chi connectivity index (χ1) is 11.1. The maximum absolute atomic E-state index is 11.9. The number of nitrogens with zero attached hydrogens (tertiary/aromatic N) is 2. The minimum absolute atomic E-state index is 0.0635. The smallest absolute Gasteiger partial charge is 0.242 e. The zero-order chi connectivity index (χ0) is 16.7. The molecule has 1 fully saturated rings. The van der Waals surface area contributed by atoms with Gasteiger partial charge >= 0.3 is 0 Å². The van der Waals surface area contributed by atoms with Gasteiger partial charge in [0, 0.05) is 19.6 Å². The summed E-state index contributed by atoms with van der Waals surface area (Å²) in [4.78, 5) is 18.1. The number of aliphatic imine (C=N–C) groups is 1. The molecule has 0 bridgehead atoms. The number of ether oxygens (including phenoxy) is 1. The van der Waals surface area contributed by atoms with Crippen LogP contribution in [0.25, 0.3) is 0 Å². The highest BCUT2D eigenvalue weighted by molar-refractivity contribution is 5.84. The number of rotatable bonds is 5. The molecule has 1 saturated heterocycles. The molecule has 6 nitrogen and oxygen atoms in total. The van der Waals surface area contributed by atoms with Crippen LogP contribution in [0.4, 0.5) is 0 Å². The molecule has 126 valence electrons. The van der Waals surface area contributed by atoms with Gasteiger partial charge in [-0.3, -0.25) is 4.79 Å². The van der Waals surface area contributed by atoms with Gasteiger partial charge in [0.15, 0.2) is 5.96 Å². The number of carbonyl (C=O) groups is 1. The number of hydrogen-bond donors (Lipinski definition) is 2. The lowest BCUT2D eigenvalue weighted by molar-refractivity contribution is -0.119. The minimum atomic E-state index is -0.130. The molecule has 0 unspecified atom stereocenters. The summed E-state index contributed by atoms with van der Waals surface area (Å²) >= 11 is 0. The van der Waals surface area contributed by atoms with Crippen LogP contribution in [-0.2, 0) is 11.3 Å². The average Bonchev–Trinajstić information content (AvgIpc) is 2.59. The van der Waals surface area contributed by atoms with E-state index in [1.165, 1.54) is 0 Å². The topological polar surface area (TPSA) is 79.9 Å². The van der Waals surface area contributed by atoms with Gasteiger partial charge in [-0.25, -0.2) is 4.99 Å². The lowest BCUT2D eigenvalue weighted by atomic mass is 10.00. The van der Waals surface area contributed by atoms with Gasteiger partial charge in [-0.15, -0.1) is 0 Å². The first-order valence-electron chi connectivity index (χ1n) is 8.03. The van der Waals surface area contributed by atoms with Gasteiger partial charge in [0.2, 0.25) is 5.91 Å². The monoisotopic (exact) mass is 318 g/mol. The Morgan fingerprint density at radius 1 is 1.35 bits per heavy atom. The fraction of sp³-hybridized carbons (Fsp3) is 0.529. The van der Waals surface area contributed by atoms with Gasteiger partial charge < -0.3 is 20.7 Å². The van der Waals surface area contributed by atoms with Crippen LogP contribution in [0.15, 0.2) is 29.3 Å². The lowest BCUT2D eigenvalue weighted by Crippen LogP contribution is -2.43. The normalized spacial score (nSPS) is 16.3. The van der Waals surface area contributed by atoms with Gasteiger partial charge in [-0.2, -0.15) is 0 Å². The first-order valence-corrected chi connectivity index (χ1v) is 8.03. The Morgan fingerprint density at radius 3 is 2.61 bits per heavy atom. The molecule has 6 heteroatoms. The number of nitrogens with one attached hydrogen (secondary N) is 1. The molecule has 0 aliphatic carbocycles. The number of carbonyl (C=O) groups excluding carboxylic acids is 1. The number of methoxy groups -OCH3 is 1. The van der Waals surface area contributed by atoms with Crippen molar-refractivity contribution in [1.82, 2.24) is 10.2 Å². The van der Waals surface area contributed by atoms with Crippen LogP contribution in [0.1, 0.15) is 25.3 Å². The maximum atomic E-state index is 11.9. The van der Waals surface area contributed by atoms with E-state index in [-0.39, 0.29) is 12.5 Å². The van der Waals surface area contributed by atoms with E-state index in [9.17, 15) is 4.79 Å². The summed E-state index contributed by atoms with van der Waals surface area (Å²) in [6, 6.07) is 7.58. The predicted molar refractivity (Wildman–Crippen MR) is 91.3 cm³/mol. The third-order valence-corrected chi connectivity index (χ3v) is 4.14. The second-order valence-corrected chi connectivity index (χ2v) is 5.97. The molecule has 1 aliphatic heterocycles. The molecule has 0 saturated carbocycles. The van der Waals surface area contributed by atoms with E-state index in [1.807, 2.05) is 24.3 Å². The molecule has 0 atom stereocenters. The lowest BCUT2D eigenvalue weighted by Gasteiger charge is -2.30. The van der Waals surface area contributed by atoms with Crippen LogP contribution < -0.4 is 15.8 Å². The summed E-state index contributed by atoms with van der Waals surface area (Å²) in [5.74, 6) is 1.88. The Morgan fingerprint density at radius 2 is 2.00 bits per heavy atom. The predicted octanol–water partition coefficient (Wildman–Crippen LogP) is 1.36. The molecule has 1 aromatic carbocycles. The summed E-state index contributed by atoms with van der Waals surface area (Å²) in [5.41, 5.74) is 6.98. The van der Waals surface area contributed by atoms with Crippen LogP contribution in [-0.4, -0.2) is 43.5 Å². The van der Waals surface area contributed by atoms with Crippen LogP contribution in [0, 0.1) is 5.92 Å². The van der Waals surface area contributed by atoms with E-state index >= 15 is 0 Å². The Bertz CT molecular complexity index is 534. The summed E-state index contributed by atoms with van der Waals surface area (Å²) in [5, 5.41) is 2.84. The van der Waals surface area contributed by atoms with Gasteiger partial charge in [-0.05, 0) is 36.5 Å². The molecule has 0 spiro atoms. The van der Waals surface area contributed by atoms with Crippen LogP contribution >= 0.6 is 0 Å². The van der Waals surface area contributed by atoms with Crippen molar-refractivity contribution in [2.24, 2.45) is 16.6 Å². The molecule has 3 N–H and O–H groups in total. The van der Waals surface area contributed by atoms with Crippen molar-refractivity contribution in [2.75, 3.05) is 26.7 Å². The third-order valence-electron chi connectivity index (χ3n) is 4.14. The third kappa shape index (κ3) is 5.47. The zero-order valence-corrected chi connectivity index (χ0v) is 13.9. The highest BCUT2D eigenvalue weighted by Gasteiger charge is 2.17. The molecule has 0 radical (unpaired) electrons. The van der Waals surface area contributed by atoms with Crippen molar-refractivity contribution in [3.8, 4) is 5.75 Å². The summed E-state index contributed by atoms with van der Waals surface area (Å²) < 4.78 is 5.10. The number of hydrogen-bond acceptors (Lipinski definition) is 3. The highest BCUT2D eigenvalue weighted by atomic mass is 16.5. The molecule has 1 aliphatic rings. The van der Waals surface area contributed by atoms with E-state index in [2.05, 4.69) is 22.1 Å². The Labute approximate surface area is 137 Å². The number of piperidine rings is 1. The van der Waals surface area contributed by atoms with Crippen molar-refractivity contribution < 1.29 is 9.53 Å². The van der Waals surface area contributed by atoms with E-state index in [1.54, 1.807) is 7.11 Å². The molecule has 0 aromatic heterocycles. The summed E-state index contributed by atoms with van der Waals surface area (Å²) in [7, 11) is 1.63. The van der Waals surface area contributed by atoms with Crippen molar-refractivity contribution in [3.63, 3.8) is 0 Å². The minimum Gasteiger partial charge on any atom is -0.497 e. The molecule has 2 rings (SSSR count). The Balaban J connectivity index is 1.74.